The smallest absolute Gasteiger partial charge is 0.329 e. The number of carbonyl (C=O) groups excluding carboxylic acids is 1. The Bertz CT molecular complexity index is 609. The maximum absolute atomic E-state index is 12.6. The zero-order chi connectivity index (χ0) is 15.8. The van der Waals surface area contributed by atoms with Crippen molar-refractivity contribution < 1.29 is 14.7 Å². The van der Waals surface area contributed by atoms with Crippen LogP contribution in [0.25, 0.3) is 0 Å². The molecule has 0 spiro atoms. The molecule has 21 heavy (non-hydrogen) atoms. The molecule has 0 radical (unpaired) electrons. The van der Waals surface area contributed by atoms with Crippen LogP contribution in [0.15, 0.2) is 6.20 Å². The van der Waals surface area contributed by atoms with Gasteiger partial charge in [-0.15, -0.1) is 0 Å². The van der Waals surface area contributed by atoms with Crippen molar-refractivity contribution in [1.82, 2.24) is 9.88 Å². The van der Waals surface area contributed by atoms with Crippen molar-refractivity contribution in [3.05, 3.63) is 27.0 Å². The normalized spacial score (nSPS) is 21.6. The number of likely N-dealkylation sites (tertiary alicyclic amines) is 1. The third-order valence-electron chi connectivity index (χ3n) is 3.84. The standard InChI is InChI=1S/C13H13Cl3N2O3/c1-2-13(12(20)21)4-3-5-18(13)11(19)10-9(16)8(15)7(14)6-17-10/h6H,2-5H2,1H3,(H,20,21). The number of pyridine rings is 1. The van der Waals surface area contributed by atoms with Gasteiger partial charge in [0.2, 0.25) is 0 Å². The average Bonchev–Trinajstić information content (AvgIpc) is 2.89. The predicted octanol–water partition coefficient (Wildman–Crippen LogP) is 3.51. The Morgan fingerprint density at radius 3 is 2.62 bits per heavy atom. The van der Waals surface area contributed by atoms with Crippen molar-refractivity contribution in [3.8, 4) is 0 Å². The number of hydrogen-bond acceptors (Lipinski definition) is 3. The second-order valence-electron chi connectivity index (χ2n) is 4.83. The molecule has 1 aromatic rings. The van der Waals surface area contributed by atoms with Gasteiger partial charge in [0.15, 0.2) is 0 Å². The van der Waals surface area contributed by atoms with E-state index in [4.69, 9.17) is 34.8 Å². The van der Waals surface area contributed by atoms with E-state index < -0.39 is 17.4 Å². The van der Waals surface area contributed by atoms with Crippen LogP contribution in [-0.2, 0) is 4.79 Å². The third-order valence-corrected chi connectivity index (χ3v) is 5.08. The highest BCUT2D eigenvalue weighted by Gasteiger charge is 2.49. The lowest BCUT2D eigenvalue weighted by Crippen LogP contribution is -2.52. The Morgan fingerprint density at radius 2 is 2.05 bits per heavy atom. The van der Waals surface area contributed by atoms with Gasteiger partial charge in [0.05, 0.1) is 15.1 Å². The monoisotopic (exact) mass is 350 g/mol. The Balaban J connectivity index is 2.45. The van der Waals surface area contributed by atoms with Gasteiger partial charge in [-0.2, -0.15) is 0 Å². The molecule has 2 heterocycles. The topological polar surface area (TPSA) is 70.5 Å². The Labute approximate surface area is 136 Å². The van der Waals surface area contributed by atoms with Crippen molar-refractivity contribution in [2.45, 2.75) is 31.7 Å². The quantitative estimate of drug-likeness (QED) is 0.904. The molecule has 5 nitrogen and oxygen atoms in total. The fraction of sp³-hybridized carbons (Fsp3) is 0.462. The molecule has 0 aromatic carbocycles. The van der Waals surface area contributed by atoms with E-state index in [0.717, 1.165) is 0 Å². The molecular formula is C13H13Cl3N2O3. The summed E-state index contributed by atoms with van der Waals surface area (Å²) in [6.07, 6.45) is 2.56. The lowest BCUT2D eigenvalue weighted by Gasteiger charge is -2.33. The number of hydrogen-bond donors (Lipinski definition) is 1. The van der Waals surface area contributed by atoms with Crippen LogP contribution in [0.5, 0.6) is 0 Å². The zero-order valence-corrected chi connectivity index (χ0v) is 13.5. The highest BCUT2D eigenvalue weighted by Crippen LogP contribution is 2.37. The first-order valence-corrected chi connectivity index (χ1v) is 7.53. The van der Waals surface area contributed by atoms with Gasteiger partial charge in [-0.3, -0.25) is 4.79 Å². The third kappa shape index (κ3) is 2.58. The van der Waals surface area contributed by atoms with Gasteiger partial charge in [0.25, 0.3) is 5.91 Å². The SMILES string of the molecule is CCC1(C(=O)O)CCCN1C(=O)c1ncc(Cl)c(Cl)c1Cl. The molecule has 2 rings (SSSR count). The maximum atomic E-state index is 12.6. The van der Waals surface area contributed by atoms with Crippen LogP contribution >= 0.6 is 34.8 Å². The van der Waals surface area contributed by atoms with Crippen LogP contribution in [0, 0.1) is 0 Å². The summed E-state index contributed by atoms with van der Waals surface area (Å²) in [6, 6.07) is 0. The van der Waals surface area contributed by atoms with E-state index in [1.807, 2.05) is 0 Å². The van der Waals surface area contributed by atoms with Gasteiger partial charge in [-0.25, -0.2) is 9.78 Å². The fourth-order valence-corrected chi connectivity index (χ4v) is 3.20. The number of halogens is 3. The van der Waals surface area contributed by atoms with Crippen LogP contribution < -0.4 is 0 Å². The van der Waals surface area contributed by atoms with E-state index in [0.29, 0.717) is 25.8 Å². The van der Waals surface area contributed by atoms with Gasteiger partial charge < -0.3 is 10.0 Å². The van der Waals surface area contributed by atoms with Gasteiger partial charge in [-0.1, -0.05) is 41.7 Å². The highest BCUT2D eigenvalue weighted by molar-refractivity contribution is 6.48. The first-order chi connectivity index (χ1) is 9.85. The number of carboxylic acids is 1. The van der Waals surface area contributed by atoms with Crippen LogP contribution in [-0.4, -0.2) is 39.0 Å². The van der Waals surface area contributed by atoms with E-state index in [1.165, 1.54) is 11.1 Å². The van der Waals surface area contributed by atoms with Crippen molar-refractivity contribution in [1.29, 1.82) is 0 Å². The number of aromatic nitrogens is 1. The van der Waals surface area contributed by atoms with E-state index in [1.54, 1.807) is 6.92 Å². The molecular weight excluding hydrogens is 339 g/mol. The maximum Gasteiger partial charge on any atom is 0.329 e. The zero-order valence-electron chi connectivity index (χ0n) is 11.2. The molecule has 1 unspecified atom stereocenters. The summed E-state index contributed by atoms with van der Waals surface area (Å²) in [7, 11) is 0. The predicted molar refractivity (Wildman–Crippen MR) is 80.2 cm³/mol. The van der Waals surface area contributed by atoms with Gasteiger partial charge in [0, 0.05) is 12.7 Å². The summed E-state index contributed by atoms with van der Waals surface area (Å²) in [5.74, 6) is -1.56. The Kier molecular flexibility index (Phi) is 4.66. The molecule has 1 fully saturated rings. The molecule has 0 bridgehead atoms. The number of carbonyl (C=O) groups is 2. The summed E-state index contributed by atoms with van der Waals surface area (Å²) in [4.78, 5) is 29.5. The van der Waals surface area contributed by atoms with E-state index in [2.05, 4.69) is 4.98 Å². The van der Waals surface area contributed by atoms with Crippen molar-refractivity contribution in [2.75, 3.05) is 6.54 Å². The number of aliphatic carboxylic acids is 1. The first-order valence-electron chi connectivity index (χ1n) is 6.40. The summed E-state index contributed by atoms with van der Waals surface area (Å²) >= 11 is 17.7. The average molecular weight is 352 g/mol. The number of nitrogens with zero attached hydrogens (tertiary/aromatic N) is 2. The van der Waals surface area contributed by atoms with Gasteiger partial charge in [-0.05, 0) is 19.3 Å². The van der Waals surface area contributed by atoms with Crippen molar-refractivity contribution in [2.24, 2.45) is 0 Å². The molecule has 1 N–H and O–H groups in total. The molecule has 1 amide bonds. The van der Waals surface area contributed by atoms with Crippen LogP contribution in [0.2, 0.25) is 15.1 Å². The molecule has 0 saturated carbocycles. The van der Waals surface area contributed by atoms with Crippen LogP contribution in [0.1, 0.15) is 36.7 Å². The van der Waals surface area contributed by atoms with Gasteiger partial charge >= 0.3 is 5.97 Å². The molecule has 0 aliphatic carbocycles. The summed E-state index contributed by atoms with van der Waals surface area (Å²) in [6.45, 7) is 2.08. The summed E-state index contributed by atoms with van der Waals surface area (Å²) in [5, 5.41) is 9.62. The molecule has 1 saturated heterocycles. The lowest BCUT2D eigenvalue weighted by molar-refractivity contribution is -0.148. The fourth-order valence-electron chi connectivity index (χ4n) is 2.64. The Morgan fingerprint density at radius 1 is 1.38 bits per heavy atom. The Hall–Kier alpha value is -1.04. The minimum absolute atomic E-state index is 0.0355. The molecule has 1 aliphatic rings. The summed E-state index contributed by atoms with van der Waals surface area (Å²) in [5.41, 5.74) is -1.29. The number of carboxylic acid groups (broad SMARTS) is 1. The van der Waals surface area contributed by atoms with Gasteiger partial charge in [0.1, 0.15) is 11.2 Å². The van der Waals surface area contributed by atoms with E-state index in [9.17, 15) is 14.7 Å². The highest BCUT2D eigenvalue weighted by atomic mass is 35.5. The second-order valence-corrected chi connectivity index (χ2v) is 6.00. The van der Waals surface area contributed by atoms with E-state index >= 15 is 0 Å². The largest absolute Gasteiger partial charge is 0.479 e. The minimum Gasteiger partial charge on any atom is -0.479 e. The minimum atomic E-state index is -1.21. The first kappa shape index (κ1) is 16.3. The van der Waals surface area contributed by atoms with Crippen molar-refractivity contribution in [3.63, 3.8) is 0 Å². The summed E-state index contributed by atoms with van der Waals surface area (Å²) < 4.78 is 0. The van der Waals surface area contributed by atoms with Crippen molar-refractivity contribution >= 4 is 46.7 Å². The molecule has 114 valence electrons. The van der Waals surface area contributed by atoms with Crippen LogP contribution in [0.3, 0.4) is 0 Å². The van der Waals surface area contributed by atoms with E-state index in [-0.39, 0.29) is 20.8 Å². The molecule has 1 aliphatic heterocycles. The molecule has 1 atom stereocenters. The number of rotatable bonds is 3. The second kappa shape index (κ2) is 5.99. The van der Waals surface area contributed by atoms with Crippen LogP contribution in [0.4, 0.5) is 0 Å². The lowest BCUT2D eigenvalue weighted by atomic mass is 9.93. The number of amides is 1. The molecule has 1 aromatic heterocycles. The molecule has 8 heteroatoms.